The van der Waals surface area contributed by atoms with Crippen LogP contribution in [-0.2, 0) is 22.7 Å². The van der Waals surface area contributed by atoms with Crippen molar-refractivity contribution in [2.24, 2.45) is 0 Å². The molecule has 1 aromatic heterocycles. The Morgan fingerprint density at radius 1 is 1.08 bits per heavy atom. The van der Waals surface area contributed by atoms with E-state index in [1.165, 1.54) is 17.3 Å². The Kier molecular flexibility index (Phi) is 5.16. The van der Waals surface area contributed by atoms with Gasteiger partial charge in [-0.1, -0.05) is 36.4 Å². The Balaban J connectivity index is 1.58. The summed E-state index contributed by atoms with van der Waals surface area (Å²) in [5, 5.41) is 6.58. The minimum absolute atomic E-state index is 0.0443. The summed E-state index contributed by atoms with van der Waals surface area (Å²) in [6.45, 7) is 0.241. The number of rotatable bonds is 6. The van der Waals surface area contributed by atoms with E-state index in [2.05, 4.69) is 15.4 Å². The Morgan fingerprint density at radius 3 is 2.68 bits per heavy atom. The van der Waals surface area contributed by atoms with Crippen LogP contribution in [0.4, 0.5) is 5.69 Å². The van der Waals surface area contributed by atoms with Crippen LogP contribution < -0.4 is 5.32 Å². The SMILES string of the molecule is O=C(Cn1cncn1)Nc1cccc(C(=O)OCc2ccccc2)c1. The van der Waals surface area contributed by atoms with Crippen LogP contribution in [0, 0.1) is 0 Å². The molecule has 0 aliphatic carbocycles. The van der Waals surface area contributed by atoms with Gasteiger partial charge in [-0.2, -0.15) is 5.10 Å². The molecule has 3 aromatic rings. The third-order valence-electron chi connectivity index (χ3n) is 3.37. The van der Waals surface area contributed by atoms with E-state index < -0.39 is 5.97 Å². The van der Waals surface area contributed by atoms with Gasteiger partial charge in [0, 0.05) is 5.69 Å². The second kappa shape index (κ2) is 7.87. The Labute approximate surface area is 144 Å². The van der Waals surface area contributed by atoms with Gasteiger partial charge < -0.3 is 10.1 Å². The summed E-state index contributed by atoms with van der Waals surface area (Å²) in [5.41, 5.74) is 1.79. The number of ether oxygens (including phenoxy) is 1. The van der Waals surface area contributed by atoms with Gasteiger partial charge in [-0.05, 0) is 23.8 Å². The molecule has 0 radical (unpaired) electrons. The first-order valence-electron chi connectivity index (χ1n) is 7.64. The number of carbonyl (C=O) groups excluding carboxylic acids is 2. The minimum atomic E-state index is -0.448. The molecular weight excluding hydrogens is 320 g/mol. The first-order valence-corrected chi connectivity index (χ1v) is 7.64. The highest BCUT2D eigenvalue weighted by Gasteiger charge is 2.10. The van der Waals surface area contributed by atoms with Crippen LogP contribution in [0.25, 0.3) is 0 Å². The van der Waals surface area contributed by atoms with E-state index in [1.54, 1.807) is 24.3 Å². The van der Waals surface area contributed by atoms with Crippen LogP contribution in [0.15, 0.2) is 67.3 Å². The van der Waals surface area contributed by atoms with Crippen molar-refractivity contribution in [3.8, 4) is 0 Å². The van der Waals surface area contributed by atoms with E-state index in [1.807, 2.05) is 30.3 Å². The van der Waals surface area contributed by atoms with Gasteiger partial charge >= 0.3 is 5.97 Å². The Morgan fingerprint density at radius 2 is 1.92 bits per heavy atom. The molecule has 0 spiro atoms. The van der Waals surface area contributed by atoms with Crippen LogP contribution in [0.3, 0.4) is 0 Å². The normalized spacial score (nSPS) is 10.2. The van der Waals surface area contributed by atoms with Gasteiger partial charge in [0.1, 0.15) is 25.8 Å². The summed E-state index contributed by atoms with van der Waals surface area (Å²) in [6, 6.07) is 16.0. The van der Waals surface area contributed by atoms with Gasteiger partial charge in [0.2, 0.25) is 5.91 Å². The third kappa shape index (κ3) is 4.74. The van der Waals surface area contributed by atoms with E-state index in [0.717, 1.165) is 5.56 Å². The van der Waals surface area contributed by atoms with Crippen molar-refractivity contribution in [3.63, 3.8) is 0 Å². The predicted molar refractivity (Wildman–Crippen MR) is 90.7 cm³/mol. The monoisotopic (exact) mass is 336 g/mol. The summed E-state index contributed by atoms with van der Waals surface area (Å²) in [6.07, 6.45) is 2.81. The zero-order valence-electron chi connectivity index (χ0n) is 13.3. The predicted octanol–water partition coefficient (Wildman–Crippen LogP) is 2.27. The summed E-state index contributed by atoms with van der Waals surface area (Å²) in [4.78, 5) is 27.9. The minimum Gasteiger partial charge on any atom is -0.457 e. The molecule has 0 saturated heterocycles. The van der Waals surface area contributed by atoms with Crippen LogP contribution in [0.5, 0.6) is 0 Å². The molecule has 0 fully saturated rings. The molecule has 0 saturated carbocycles. The number of anilines is 1. The number of esters is 1. The number of aromatic nitrogens is 3. The molecule has 1 amide bonds. The number of nitrogens with zero attached hydrogens (tertiary/aromatic N) is 3. The number of amides is 1. The van der Waals surface area contributed by atoms with E-state index in [0.29, 0.717) is 11.3 Å². The molecule has 25 heavy (non-hydrogen) atoms. The summed E-state index contributed by atoms with van der Waals surface area (Å²) in [7, 11) is 0. The first-order chi connectivity index (χ1) is 12.2. The largest absolute Gasteiger partial charge is 0.457 e. The van der Waals surface area contributed by atoms with E-state index in [-0.39, 0.29) is 19.1 Å². The highest BCUT2D eigenvalue weighted by atomic mass is 16.5. The summed E-state index contributed by atoms with van der Waals surface area (Å²) < 4.78 is 6.70. The van der Waals surface area contributed by atoms with Gasteiger partial charge in [-0.3, -0.25) is 4.79 Å². The third-order valence-corrected chi connectivity index (χ3v) is 3.37. The molecule has 0 atom stereocenters. The second-order valence-electron chi connectivity index (χ2n) is 5.28. The summed E-state index contributed by atoms with van der Waals surface area (Å²) >= 11 is 0. The molecule has 7 nitrogen and oxygen atoms in total. The zero-order chi connectivity index (χ0) is 17.5. The fraction of sp³-hybridized carbons (Fsp3) is 0.111. The standard InChI is InChI=1S/C18H16N4O3/c23-17(10-22-13-19-12-20-22)21-16-8-4-7-15(9-16)18(24)25-11-14-5-2-1-3-6-14/h1-9,12-13H,10-11H2,(H,21,23). The lowest BCUT2D eigenvalue weighted by Crippen LogP contribution is -2.19. The molecule has 0 aliphatic heterocycles. The molecule has 0 bridgehead atoms. The average Bonchev–Trinajstić information content (AvgIpc) is 3.13. The quantitative estimate of drug-likeness (QED) is 0.698. The van der Waals surface area contributed by atoms with E-state index in [4.69, 9.17) is 4.74 Å². The average molecular weight is 336 g/mol. The van der Waals surface area contributed by atoms with Gasteiger partial charge in [0.25, 0.3) is 0 Å². The van der Waals surface area contributed by atoms with Crippen molar-refractivity contribution in [2.75, 3.05) is 5.32 Å². The van der Waals surface area contributed by atoms with Crippen LogP contribution >= 0.6 is 0 Å². The lowest BCUT2D eigenvalue weighted by atomic mass is 10.2. The maximum Gasteiger partial charge on any atom is 0.338 e. The lowest BCUT2D eigenvalue weighted by molar-refractivity contribution is -0.116. The summed E-state index contributed by atoms with van der Waals surface area (Å²) in [5.74, 6) is -0.712. The molecule has 1 heterocycles. The maximum absolute atomic E-state index is 12.2. The molecule has 0 aliphatic rings. The zero-order valence-corrected chi connectivity index (χ0v) is 13.3. The highest BCUT2D eigenvalue weighted by molar-refractivity contribution is 5.94. The number of nitrogens with one attached hydrogen (secondary N) is 1. The number of benzene rings is 2. The molecule has 3 rings (SSSR count). The van der Waals surface area contributed by atoms with Gasteiger partial charge in [-0.25, -0.2) is 14.5 Å². The van der Waals surface area contributed by atoms with Crippen molar-refractivity contribution in [1.82, 2.24) is 14.8 Å². The van der Waals surface area contributed by atoms with E-state index >= 15 is 0 Å². The molecule has 0 unspecified atom stereocenters. The van der Waals surface area contributed by atoms with Crippen molar-refractivity contribution in [2.45, 2.75) is 13.2 Å². The first kappa shape index (κ1) is 16.4. The molecule has 2 aromatic carbocycles. The van der Waals surface area contributed by atoms with Crippen LogP contribution in [-0.4, -0.2) is 26.6 Å². The fourth-order valence-electron chi connectivity index (χ4n) is 2.19. The van der Waals surface area contributed by atoms with Crippen molar-refractivity contribution in [1.29, 1.82) is 0 Å². The molecular formula is C18H16N4O3. The Hall–Kier alpha value is -3.48. The maximum atomic E-state index is 12.2. The number of hydrogen-bond donors (Lipinski definition) is 1. The van der Waals surface area contributed by atoms with Gasteiger partial charge in [-0.15, -0.1) is 0 Å². The smallest absolute Gasteiger partial charge is 0.338 e. The molecule has 7 heteroatoms. The van der Waals surface area contributed by atoms with E-state index in [9.17, 15) is 9.59 Å². The highest BCUT2D eigenvalue weighted by Crippen LogP contribution is 2.13. The Bertz CT molecular complexity index is 848. The second-order valence-corrected chi connectivity index (χ2v) is 5.28. The molecule has 126 valence electrons. The van der Waals surface area contributed by atoms with Gasteiger partial charge in [0.05, 0.1) is 5.56 Å². The van der Waals surface area contributed by atoms with Crippen molar-refractivity contribution >= 4 is 17.6 Å². The fourth-order valence-corrected chi connectivity index (χ4v) is 2.19. The van der Waals surface area contributed by atoms with Crippen LogP contribution in [0.2, 0.25) is 0 Å². The van der Waals surface area contributed by atoms with Crippen LogP contribution in [0.1, 0.15) is 15.9 Å². The lowest BCUT2D eigenvalue weighted by Gasteiger charge is -2.08. The topological polar surface area (TPSA) is 86.1 Å². The van der Waals surface area contributed by atoms with Crippen molar-refractivity contribution < 1.29 is 14.3 Å². The number of carbonyl (C=O) groups is 2. The number of hydrogen-bond acceptors (Lipinski definition) is 5. The van der Waals surface area contributed by atoms with Crippen molar-refractivity contribution in [3.05, 3.63) is 78.4 Å². The van der Waals surface area contributed by atoms with Gasteiger partial charge in [0.15, 0.2) is 0 Å². The molecule has 1 N–H and O–H groups in total.